The summed E-state index contributed by atoms with van der Waals surface area (Å²) in [4.78, 5) is 17.5. The lowest BCUT2D eigenvalue weighted by Crippen LogP contribution is -2.46. The van der Waals surface area contributed by atoms with Gasteiger partial charge in [-0.25, -0.2) is 4.39 Å². The number of carbonyl (C=O) groups excluding carboxylic acids is 1. The van der Waals surface area contributed by atoms with E-state index in [1.54, 1.807) is 17.0 Å². The number of hydrogen-bond acceptors (Lipinski definition) is 2. The Bertz CT molecular complexity index is 951. The molecule has 1 aliphatic heterocycles. The average Bonchev–Trinajstić information content (AvgIpc) is 3.00. The van der Waals surface area contributed by atoms with Gasteiger partial charge < -0.3 is 15.0 Å². The molecule has 2 heterocycles. The number of aryl methyl sites for hydroxylation is 1. The first-order valence-electron chi connectivity index (χ1n) is 8.85. The molecular weight excluding hydrogens is 331 g/mol. The van der Waals surface area contributed by atoms with Gasteiger partial charge in [-0.2, -0.15) is 0 Å². The van der Waals surface area contributed by atoms with Gasteiger partial charge in [-0.15, -0.1) is 0 Å². The predicted octanol–water partition coefficient (Wildman–Crippen LogP) is 3.61. The molecule has 26 heavy (non-hydrogen) atoms. The number of fused-ring (bicyclic) bond motifs is 1. The molecule has 1 fully saturated rings. The molecule has 134 valence electrons. The zero-order chi connectivity index (χ0) is 18.3. The van der Waals surface area contributed by atoms with Gasteiger partial charge in [0.25, 0.3) is 5.91 Å². The number of aliphatic hydroxyl groups excluding tert-OH is 1. The summed E-state index contributed by atoms with van der Waals surface area (Å²) in [6.45, 7) is 2.65. The quantitative estimate of drug-likeness (QED) is 0.740. The summed E-state index contributed by atoms with van der Waals surface area (Å²) in [5.74, 6) is -0.530. The summed E-state index contributed by atoms with van der Waals surface area (Å²) in [5, 5.41) is 11.3. The number of para-hydroxylation sites is 1. The van der Waals surface area contributed by atoms with Crippen molar-refractivity contribution in [3.63, 3.8) is 0 Å². The Morgan fingerprint density at radius 1 is 1.19 bits per heavy atom. The highest BCUT2D eigenvalue weighted by molar-refractivity contribution is 6.01. The first kappa shape index (κ1) is 16.8. The molecule has 3 aromatic rings. The number of benzene rings is 2. The van der Waals surface area contributed by atoms with Gasteiger partial charge in [-0.3, -0.25) is 4.79 Å². The normalized spacial score (nSPS) is 20.5. The fourth-order valence-electron chi connectivity index (χ4n) is 3.89. The third-order valence-electron chi connectivity index (χ3n) is 5.35. The summed E-state index contributed by atoms with van der Waals surface area (Å²) in [5.41, 5.74) is 2.59. The summed E-state index contributed by atoms with van der Waals surface area (Å²) in [6.07, 6.45) is 0.0846. The standard InChI is InChI=1S/C21H21FN2O2/c1-13-15-8-5-9-17(22)20(15)23-19(13)21(26)24-11-10-16(18(25)12-24)14-6-3-2-4-7-14/h2-9,16,18,23,25H,10-12H2,1H3/t16-,18+/m0/s1. The minimum absolute atomic E-state index is 0.0292. The van der Waals surface area contributed by atoms with Gasteiger partial charge in [0.1, 0.15) is 11.5 Å². The number of nitrogens with one attached hydrogen (secondary N) is 1. The molecule has 2 atom stereocenters. The second kappa shape index (κ2) is 6.57. The van der Waals surface area contributed by atoms with E-state index >= 15 is 0 Å². The van der Waals surface area contributed by atoms with Crippen LogP contribution in [-0.4, -0.2) is 40.1 Å². The lowest BCUT2D eigenvalue weighted by atomic mass is 9.87. The molecule has 1 aliphatic rings. The van der Waals surface area contributed by atoms with Crippen molar-refractivity contribution in [2.24, 2.45) is 0 Å². The molecule has 2 N–H and O–H groups in total. The van der Waals surface area contributed by atoms with E-state index in [1.807, 2.05) is 37.3 Å². The largest absolute Gasteiger partial charge is 0.391 e. The monoisotopic (exact) mass is 352 g/mol. The number of rotatable bonds is 2. The van der Waals surface area contributed by atoms with E-state index < -0.39 is 6.10 Å². The highest BCUT2D eigenvalue weighted by Crippen LogP contribution is 2.30. The van der Waals surface area contributed by atoms with Crippen LogP contribution in [0, 0.1) is 12.7 Å². The van der Waals surface area contributed by atoms with Crippen molar-refractivity contribution in [2.45, 2.75) is 25.4 Å². The molecular formula is C21H21FN2O2. The van der Waals surface area contributed by atoms with E-state index in [4.69, 9.17) is 0 Å². The van der Waals surface area contributed by atoms with Crippen molar-refractivity contribution in [3.05, 3.63) is 71.2 Å². The van der Waals surface area contributed by atoms with Gasteiger partial charge in [0.2, 0.25) is 0 Å². The number of aliphatic hydroxyl groups is 1. The minimum Gasteiger partial charge on any atom is -0.391 e. The molecule has 1 saturated heterocycles. The van der Waals surface area contributed by atoms with Crippen LogP contribution in [0.25, 0.3) is 10.9 Å². The number of aromatic amines is 1. The van der Waals surface area contributed by atoms with Gasteiger partial charge in [-0.1, -0.05) is 42.5 Å². The smallest absolute Gasteiger partial charge is 0.270 e. The van der Waals surface area contributed by atoms with Gasteiger partial charge in [0.05, 0.1) is 11.6 Å². The molecule has 4 nitrogen and oxygen atoms in total. The minimum atomic E-state index is -0.614. The predicted molar refractivity (Wildman–Crippen MR) is 98.7 cm³/mol. The number of H-pyrrole nitrogens is 1. The topological polar surface area (TPSA) is 56.3 Å². The van der Waals surface area contributed by atoms with Gasteiger partial charge in [0.15, 0.2) is 0 Å². The van der Waals surface area contributed by atoms with E-state index in [0.717, 1.165) is 11.1 Å². The van der Waals surface area contributed by atoms with Crippen LogP contribution < -0.4 is 0 Å². The number of amides is 1. The highest BCUT2D eigenvalue weighted by atomic mass is 19.1. The van der Waals surface area contributed by atoms with Crippen LogP contribution in [-0.2, 0) is 0 Å². The Kier molecular flexibility index (Phi) is 4.24. The molecule has 0 saturated carbocycles. The molecule has 0 radical (unpaired) electrons. The average molecular weight is 352 g/mol. The molecule has 0 aliphatic carbocycles. The van der Waals surface area contributed by atoms with E-state index in [2.05, 4.69) is 4.98 Å². The molecule has 0 bridgehead atoms. The number of likely N-dealkylation sites (tertiary alicyclic amines) is 1. The lowest BCUT2D eigenvalue weighted by molar-refractivity contribution is 0.0378. The summed E-state index contributed by atoms with van der Waals surface area (Å²) >= 11 is 0. The molecule has 1 aromatic heterocycles. The van der Waals surface area contributed by atoms with Crippen LogP contribution in [0.15, 0.2) is 48.5 Å². The molecule has 1 amide bonds. The second-order valence-electron chi connectivity index (χ2n) is 6.91. The molecule has 0 spiro atoms. The van der Waals surface area contributed by atoms with Crippen LogP contribution in [0.2, 0.25) is 0 Å². The second-order valence-corrected chi connectivity index (χ2v) is 6.91. The van der Waals surface area contributed by atoms with Crippen molar-refractivity contribution >= 4 is 16.8 Å². The van der Waals surface area contributed by atoms with E-state index in [-0.39, 0.29) is 24.2 Å². The first-order chi connectivity index (χ1) is 12.6. The lowest BCUT2D eigenvalue weighted by Gasteiger charge is -2.36. The number of β-amino-alcohol motifs (C(OH)–C–C–N with tert-alkyl or cyclic N) is 1. The summed E-state index contributed by atoms with van der Waals surface area (Å²) < 4.78 is 14.0. The number of aromatic nitrogens is 1. The van der Waals surface area contributed by atoms with E-state index in [1.165, 1.54) is 6.07 Å². The number of carbonyl (C=O) groups is 1. The number of hydrogen-bond donors (Lipinski definition) is 2. The fraction of sp³-hybridized carbons (Fsp3) is 0.286. The van der Waals surface area contributed by atoms with Crippen molar-refractivity contribution in [3.8, 4) is 0 Å². The Morgan fingerprint density at radius 2 is 1.96 bits per heavy atom. The number of piperidine rings is 1. The zero-order valence-electron chi connectivity index (χ0n) is 14.6. The fourth-order valence-corrected chi connectivity index (χ4v) is 3.89. The van der Waals surface area contributed by atoms with E-state index in [9.17, 15) is 14.3 Å². The van der Waals surface area contributed by atoms with E-state index in [0.29, 0.717) is 29.6 Å². The molecule has 5 heteroatoms. The zero-order valence-corrected chi connectivity index (χ0v) is 14.6. The number of halogens is 1. The van der Waals surface area contributed by atoms with Gasteiger partial charge >= 0.3 is 0 Å². The third kappa shape index (κ3) is 2.78. The molecule has 0 unspecified atom stereocenters. The van der Waals surface area contributed by atoms with Crippen LogP contribution >= 0.6 is 0 Å². The Labute approximate surface area is 151 Å². The van der Waals surface area contributed by atoms with Crippen molar-refractivity contribution in [1.29, 1.82) is 0 Å². The van der Waals surface area contributed by atoms with Gasteiger partial charge in [-0.05, 0) is 30.5 Å². The first-order valence-corrected chi connectivity index (χ1v) is 8.85. The SMILES string of the molecule is Cc1c(C(=O)N2CC[C@@H](c3ccccc3)[C@H](O)C2)[nH]c2c(F)cccc12. The Hall–Kier alpha value is -2.66. The molecule has 4 rings (SSSR count). The van der Waals surface area contributed by atoms with Gasteiger partial charge in [0, 0.05) is 24.4 Å². The maximum atomic E-state index is 14.0. The third-order valence-corrected chi connectivity index (χ3v) is 5.35. The maximum Gasteiger partial charge on any atom is 0.270 e. The van der Waals surface area contributed by atoms with Crippen LogP contribution in [0.3, 0.4) is 0 Å². The number of nitrogens with zero attached hydrogens (tertiary/aromatic N) is 1. The van der Waals surface area contributed by atoms with Crippen molar-refractivity contribution in [2.75, 3.05) is 13.1 Å². The molecule has 2 aromatic carbocycles. The summed E-state index contributed by atoms with van der Waals surface area (Å²) in [6, 6.07) is 14.7. The maximum absolute atomic E-state index is 14.0. The van der Waals surface area contributed by atoms with Crippen molar-refractivity contribution < 1.29 is 14.3 Å². The summed E-state index contributed by atoms with van der Waals surface area (Å²) in [7, 11) is 0. The van der Waals surface area contributed by atoms with Crippen molar-refractivity contribution in [1.82, 2.24) is 9.88 Å². The van der Waals surface area contributed by atoms with Crippen LogP contribution in [0.1, 0.15) is 34.0 Å². The van der Waals surface area contributed by atoms with Crippen LogP contribution in [0.4, 0.5) is 4.39 Å². The Balaban J connectivity index is 1.57. The Morgan fingerprint density at radius 3 is 2.65 bits per heavy atom. The highest BCUT2D eigenvalue weighted by Gasteiger charge is 2.32. The van der Waals surface area contributed by atoms with Crippen LogP contribution in [0.5, 0.6) is 0 Å².